The molecule has 1 aromatic carbocycles. The molecule has 1 aliphatic rings. The average Bonchev–Trinajstić information content (AvgIpc) is 3.32. The van der Waals surface area contributed by atoms with E-state index in [4.69, 9.17) is 0 Å². The Morgan fingerprint density at radius 3 is 2.73 bits per heavy atom. The highest BCUT2D eigenvalue weighted by atomic mass is 32.2. The highest BCUT2D eigenvalue weighted by Crippen LogP contribution is 2.33. The number of nitrogens with one attached hydrogen (secondary N) is 1. The minimum absolute atomic E-state index is 0.0601. The van der Waals surface area contributed by atoms with Gasteiger partial charge in [0.25, 0.3) is 10.0 Å². The van der Waals surface area contributed by atoms with Gasteiger partial charge in [-0.15, -0.1) is 0 Å². The zero-order chi connectivity index (χ0) is 15.6. The summed E-state index contributed by atoms with van der Waals surface area (Å²) < 4.78 is 26.9. The molecular weight excluding hydrogens is 300 g/mol. The number of pyridine rings is 1. The monoisotopic (exact) mass is 316 g/mol. The molecular formula is C16H16N2O3S. The van der Waals surface area contributed by atoms with Crippen molar-refractivity contribution < 1.29 is 13.2 Å². The number of carbonyl (C=O) groups is 1. The molecule has 1 saturated carbocycles. The Hall–Kier alpha value is -2.21. The maximum absolute atomic E-state index is 12.2. The summed E-state index contributed by atoms with van der Waals surface area (Å²) in [4.78, 5) is 16.0. The molecule has 0 radical (unpaired) electrons. The molecule has 1 aliphatic carbocycles. The van der Waals surface area contributed by atoms with Crippen molar-refractivity contribution in [2.45, 2.75) is 24.2 Å². The van der Waals surface area contributed by atoms with E-state index in [-0.39, 0.29) is 10.7 Å². The lowest BCUT2D eigenvalue weighted by atomic mass is 10.1. The van der Waals surface area contributed by atoms with E-state index in [1.807, 2.05) is 0 Å². The molecule has 1 heterocycles. The van der Waals surface area contributed by atoms with Gasteiger partial charge in [-0.2, -0.15) is 0 Å². The van der Waals surface area contributed by atoms with Crippen LogP contribution in [0.5, 0.6) is 0 Å². The van der Waals surface area contributed by atoms with Crippen LogP contribution >= 0.6 is 0 Å². The molecule has 0 spiro atoms. The van der Waals surface area contributed by atoms with E-state index in [1.165, 1.54) is 18.5 Å². The summed E-state index contributed by atoms with van der Waals surface area (Å²) in [5.41, 5.74) is 0.920. The van der Waals surface area contributed by atoms with Crippen LogP contribution in [0, 0.1) is 5.92 Å². The maximum atomic E-state index is 12.2. The normalized spacial score (nSPS) is 14.5. The minimum atomic E-state index is -3.69. The molecule has 0 atom stereocenters. The second kappa shape index (κ2) is 5.88. The van der Waals surface area contributed by atoms with Gasteiger partial charge in [-0.25, -0.2) is 8.42 Å². The first-order valence-electron chi connectivity index (χ1n) is 7.11. The lowest BCUT2D eigenvalue weighted by Crippen LogP contribution is -2.13. The third kappa shape index (κ3) is 3.51. The first kappa shape index (κ1) is 14.7. The molecule has 114 valence electrons. The Bertz CT molecular complexity index is 784. The van der Waals surface area contributed by atoms with Gasteiger partial charge in [0.05, 0.1) is 0 Å². The van der Waals surface area contributed by atoms with Crippen LogP contribution < -0.4 is 4.72 Å². The maximum Gasteiger partial charge on any atom is 0.263 e. The Morgan fingerprint density at radius 2 is 2.05 bits per heavy atom. The molecule has 0 aliphatic heterocycles. The van der Waals surface area contributed by atoms with E-state index >= 15 is 0 Å². The van der Waals surface area contributed by atoms with Crippen molar-refractivity contribution in [3.63, 3.8) is 0 Å². The SMILES string of the molecule is O=C(CC1CC1)c1cccc(NS(=O)(=O)c2cccnc2)c1. The van der Waals surface area contributed by atoms with Gasteiger partial charge in [0, 0.05) is 30.1 Å². The van der Waals surface area contributed by atoms with Crippen molar-refractivity contribution >= 4 is 21.5 Å². The number of hydrogen-bond donors (Lipinski definition) is 1. The number of anilines is 1. The molecule has 3 rings (SSSR count). The van der Waals surface area contributed by atoms with Gasteiger partial charge in [-0.3, -0.25) is 14.5 Å². The van der Waals surface area contributed by atoms with E-state index in [1.54, 1.807) is 30.3 Å². The van der Waals surface area contributed by atoms with Gasteiger partial charge in [0.15, 0.2) is 5.78 Å². The predicted molar refractivity (Wildman–Crippen MR) is 83.2 cm³/mol. The highest BCUT2D eigenvalue weighted by molar-refractivity contribution is 7.92. The van der Waals surface area contributed by atoms with Crippen molar-refractivity contribution in [2.24, 2.45) is 5.92 Å². The zero-order valence-electron chi connectivity index (χ0n) is 11.9. The molecule has 1 aromatic heterocycles. The second-order valence-electron chi connectivity index (χ2n) is 5.45. The molecule has 22 heavy (non-hydrogen) atoms. The Balaban J connectivity index is 1.79. The van der Waals surface area contributed by atoms with Crippen LogP contribution in [0.1, 0.15) is 29.6 Å². The standard InChI is InChI=1S/C16H16N2O3S/c19-16(9-12-6-7-12)13-3-1-4-14(10-13)18-22(20,21)15-5-2-8-17-11-15/h1-5,8,10-12,18H,6-7,9H2. The Kier molecular flexibility index (Phi) is 3.94. The highest BCUT2D eigenvalue weighted by Gasteiger charge is 2.25. The van der Waals surface area contributed by atoms with Crippen molar-refractivity contribution in [3.05, 3.63) is 54.4 Å². The van der Waals surface area contributed by atoms with Crippen LogP contribution in [0.3, 0.4) is 0 Å². The average molecular weight is 316 g/mol. The van der Waals surface area contributed by atoms with E-state index in [9.17, 15) is 13.2 Å². The molecule has 1 N–H and O–H groups in total. The van der Waals surface area contributed by atoms with Crippen molar-refractivity contribution in [1.29, 1.82) is 0 Å². The number of carbonyl (C=O) groups excluding carboxylic acids is 1. The van der Waals surface area contributed by atoms with Crippen molar-refractivity contribution in [3.8, 4) is 0 Å². The van der Waals surface area contributed by atoms with Gasteiger partial charge in [0.1, 0.15) is 4.90 Å². The first-order chi connectivity index (χ1) is 10.5. The van der Waals surface area contributed by atoms with Crippen LogP contribution in [0.25, 0.3) is 0 Å². The van der Waals surface area contributed by atoms with Gasteiger partial charge >= 0.3 is 0 Å². The number of rotatable bonds is 6. The summed E-state index contributed by atoms with van der Waals surface area (Å²) in [6.45, 7) is 0. The zero-order valence-corrected chi connectivity index (χ0v) is 12.7. The summed E-state index contributed by atoms with van der Waals surface area (Å²) in [5, 5.41) is 0. The summed E-state index contributed by atoms with van der Waals surface area (Å²) in [6, 6.07) is 9.63. The number of benzene rings is 1. The number of ketones is 1. The van der Waals surface area contributed by atoms with E-state index in [0.717, 1.165) is 12.8 Å². The number of sulfonamides is 1. The number of Topliss-reactive ketones (excluding diaryl/α,β-unsaturated/α-hetero) is 1. The topological polar surface area (TPSA) is 76.1 Å². The fourth-order valence-electron chi connectivity index (χ4n) is 2.18. The summed E-state index contributed by atoms with van der Waals surface area (Å²) in [6.07, 6.45) is 5.55. The number of aromatic nitrogens is 1. The molecule has 5 nitrogen and oxygen atoms in total. The molecule has 6 heteroatoms. The van der Waals surface area contributed by atoms with Gasteiger partial charge < -0.3 is 0 Å². The number of hydrogen-bond acceptors (Lipinski definition) is 4. The molecule has 1 fully saturated rings. The predicted octanol–water partition coefficient (Wildman–Crippen LogP) is 2.87. The molecule has 0 saturated heterocycles. The third-order valence-corrected chi connectivity index (χ3v) is 4.92. The fraction of sp³-hybridized carbons (Fsp3) is 0.250. The Labute approximate surface area is 129 Å². The van der Waals surface area contributed by atoms with E-state index in [0.29, 0.717) is 23.6 Å². The lowest BCUT2D eigenvalue weighted by Gasteiger charge is -2.09. The molecule has 2 aromatic rings. The summed E-state index contributed by atoms with van der Waals surface area (Å²) in [5.74, 6) is 0.563. The summed E-state index contributed by atoms with van der Waals surface area (Å²) >= 11 is 0. The van der Waals surface area contributed by atoms with Crippen LogP contribution in [0.2, 0.25) is 0 Å². The molecule has 0 unspecified atom stereocenters. The Morgan fingerprint density at radius 1 is 1.23 bits per heavy atom. The quantitative estimate of drug-likeness (QED) is 0.831. The van der Waals surface area contributed by atoms with Gasteiger partial charge in [-0.05, 0) is 43.0 Å². The lowest BCUT2D eigenvalue weighted by molar-refractivity contribution is 0.0976. The van der Waals surface area contributed by atoms with Crippen LogP contribution in [-0.2, 0) is 10.0 Å². The summed E-state index contributed by atoms with van der Waals surface area (Å²) in [7, 11) is -3.69. The van der Waals surface area contributed by atoms with Crippen LogP contribution in [-0.4, -0.2) is 19.2 Å². The minimum Gasteiger partial charge on any atom is -0.294 e. The first-order valence-corrected chi connectivity index (χ1v) is 8.59. The van der Waals surface area contributed by atoms with Crippen molar-refractivity contribution in [2.75, 3.05) is 4.72 Å². The number of nitrogens with zero attached hydrogens (tertiary/aromatic N) is 1. The van der Waals surface area contributed by atoms with Crippen LogP contribution in [0.4, 0.5) is 5.69 Å². The van der Waals surface area contributed by atoms with Crippen LogP contribution in [0.15, 0.2) is 53.7 Å². The van der Waals surface area contributed by atoms with Crippen molar-refractivity contribution in [1.82, 2.24) is 4.98 Å². The van der Waals surface area contributed by atoms with Gasteiger partial charge in [0.2, 0.25) is 0 Å². The fourth-order valence-corrected chi connectivity index (χ4v) is 3.19. The third-order valence-electron chi connectivity index (χ3n) is 3.55. The van der Waals surface area contributed by atoms with E-state index in [2.05, 4.69) is 9.71 Å². The smallest absolute Gasteiger partial charge is 0.263 e. The molecule has 0 amide bonds. The van der Waals surface area contributed by atoms with E-state index < -0.39 is 10.0 Å². The van der Waals surface area contributed by atoms with Gasteiger partial charge in [-0.1, -0.05) is 12.1 Å². The molecule has 0 bridgehead atoms. The second-order valence-corrected chi connectivity index (χ2v) is 7.13. The largest absolute Gasteiger partial charge is 0.294 e.